The third kappa shape index (κ3) is 5.47. The van der Waals surface area contributed by atoms with Crippen molar-refractivity contribution in [2.24, 2.45) is 0 Å². The van der Waals surface area contributed by atoms with Crippen molar-refractivity contribution in [3.8, 4) is 0 Å². The molecule has 0 spiro atoms. The number of nitrogens with zero attached hydrogens (tertiary/aromatic N) is 3. The van der Waals surface area contributed by atoms with Gasteiger partial charge in [-0.3, -0.25) is 4.79 Å². The molecule has 158 valence electrons. The zero-order chi connectivity index (χ0) is 21.7. The second-order valence-corrected chi connectivity index (χ2v) is 10.1. The Bertz CT molecular complexity index is 1110. The predicted octanol–water partition coefficient (Wildman–Crippen LogP) is 3.03. The molecule has 1 heterocycles. The minimum Gasteiger partial charge on any atom is -0.416 e. The fourth-order valence-electron chi connectivity index (χ4n) is 2.52. The Morgan fingerprint density at radius 1 is 1.13 bits per heavy atom. The van der Waals surface area contributed by atoms with Crippen molar-refractivity contribution >= 4 is 33.4 Å². The number of sulfonamides is 1. The molecule has 0 aliphatic heterocycles. The summed E-state index contributed by atoms with van der Waals surface area (Å²) in [6.45, 7) is 1.71. The summed E-state index contributed by atoms with van der Waals surface area (Å²) in [5.41, 5.74) is 1.45. The maximum absolute atomic E-state index is 12.5. The molecule has 30 heavy (non-hydrogen) atoms. The Morgan fingerprint density at radius 2 is 1.87 bits per heavy atom. The van der Waals surface area contributed by atoms with Crippen LogP contribution in [0.15, 0.2) is 69.1 Å². The van der Waals surface area contributed by atoms with Crippen LogP contribution < -0.4 is 5.32 Å². The predicted molar refractivity (Wildman–Crippen MR) is 115 cm³/mol. The van der Waals surface area contributed by atoms with E-state index >= 15 is 0 Å². The first-order valence-electron chi connectivity index (χ1n) is 9.12. The number of carbonyl (C=O) groups excluding carboxylic acids is 1. The Hall–Kier alpha value is -2.69. The van der Waals surface area contributed by atoms with Crippen LogP contribution in [0.2, 0.25) is 0 Å². The van der Waals surface area contributed by atoms with Crippen molar-refractivity contribution in [3.05, 3.63) is 66.1 Å². The molecular formula is C20H22N4O4S2. The van der Waals surface area contributed by atoms with E-state index in [1.807, 2.05) is 30.3 Å². The molecule has 3 aromatic rings. The highest BCUT2D eigenvalue weighted by Gasteiger charge is 2.21. The lowest BCUT2D eigenvalue weighted by atomic mass is 10.2. The van der Waals surface area contributed by atoms with Gasteiger partial charge in [-0.25, -0.2) is 12.7 Å². The smallest absolute Gasteiger partial charge is 0.277 e. The van der Waals surface area contributed by atoms with Crippen LogP contribution in [0.5, 0.6) is 0 Å². The molecule has 1 amide bonds. The number of benzene rings is 2. The second kappa shape index (κ2) is 9.41. The van der Waals surface area contributed by atoms with E-state index in [1.54, 1.807) is 19.1 Å². The van der Waals surface area contributed by atoms with Gasteiger partial charge in [0.25, 0.3) is 5.22 Å². The van der Waals surface area contributed by atoms with Crippen molar-refractivity contribution in [1.82, 2.24) is 14.5 Å². The Kier molecular flexibility index (Phi) is 6.91. The summed E-state index contributed by atoms with van der Waals surface area (Å²) < 4.78 is 31.3. The van der Waals surface area contributed by atoms with Crippen molar-refractivity contribution in [1.29, 1.82) is 0 Å². The number of aromatic nitrogens is 2. The summed E-state index contributed by atoms with van der Waals surface area (Å²) >= 11 is 1.14. The van der Waals surface area contributed by atoms with Gasteiger partial charge in [0.1, 0.15) is 0 Å². The van der Waals surface area contributed by atoms with Crippen LogP contribution in [-0.2, 0) is 21.2 Å². The molecule has 10 heteroatoms. The molecule has 0 fully saturated rings. The van der Waals surface area contributed by atoms with Crippen LogP contribution in [0, 0.1) is 0 Å². The molecule has 2 aromatic carbocycles. The number of hydrogen-bond donors (Lipinski definition) is 1. The molecule has 1 aromatic heterocycles. The molecular weight excluding hydrogens is 424 g/mol. The molecule has 3 rings (SSSR count). The van der Waals surface area contributed by atoms with Gasteiger partial charge >= 0.3 is 0 Å². The molecule has 0 aliphatic rings. The third-order valence-corrected chi connectivity index (χ3v) is 6.92. The van der Waals surface area contributed by atoms with Gasteiger partial charge in [-0.15, -0.1) is 10.2 Å². The van der Waals surface area contributed by atoms with Crippen molar-refractivity contribution < 1.29 is 17.6 Å². The fourth-order valence-corrected chi connectivity index (χ4v) is 4.17. The molecule has 1 unspecified atom stereocenters. The van der Waals surface area contributed by atoms with E-state index in [4.69, 9.17) is 4.42 Å². The zero-order valence-corrected chi connectivity index (χ0v) is 18.4. The van der Waals surface area contributed by atoms with Gasteiger partial charge in [0.05, 0.1) is 16.6 Å². The summed E-state index contributed by atoms with van der Waals surface area (Å²) in [7, 11) is -0.675. The normalized spacial score (nSPS) is 12.7. The van der Waals surface area contributed by atoms with E-state index in [0.717, 1.165) is 21.6 Å². The summed E-state index contributed by atoms with van der Waals surface area (Å²) in [4.78, 5) is 12.6. The minimum atomic E-state index is -3.58. The van der Waals surface area contributed by atoms with Gasteiger partial charge in [-0.2, -0.15) is 0 Å². The van der Waals surface area contributed by atoms with Crippen LogP contribution >= 0.6 is 11.8 Å². The van der Waals surface area contributed by atoms with Crippen LogP contribution in [0.1, 0.15) is 18.4 Å². The Balaban J connectivity index is 1.62. The first-order chi connectivity index (χ1) is 14.3. The molecule has 0 bridgehead atoms. The SMILES string of the molecule is CC(Sc1nnc(Cc2ccccc2)o1)C(=O)Nc1cccc(S(=O)(=O)N(C)C)c1. The number of nitrogens with one attached hydrogen (secondary N) is 1. The van der Waals surface area contributed by atoms with Gasteiger partial charge in [0, 0.05) is 19.8 Å². The van der Waals surface area contributed by atoms with E-state index in [9.17, 15) is 13.2 Å². The van der Waals surface area contributed by atoms with Crippen molar-refractivity contribution in [2.45, 2.75) is 28.7 Å². The molecule has 0 aliphatic carbocycles. The van der Waals surface area contributed by atoms with Crippen LogP contribution in [0.25, 0.3) is 0 Å². The number of carbonyl (C=O) groups is 1. The van der Waals surface area contributed by atoms with E-state index in [-0.39, 0.29) is 10.8 Å². The molecule has 8 nitrogen and oxygen atoms in total. The molecule has 0 saturated heterocycles. The first-order valence-corrected chi connectivity index (χ1v) is 11.4. The van der Waals surface area contributed by atoms with Gasteiger partial charge < -0.3 is 9.73 Å². The largest absolute Gasteiger partial charge is 0.416 e. The standard InChI is InChI=1S/C20H22N4O4S2/c1-14(29-20-23-22-18(28-20)12-15-8-5-4-6-9-15)19(25)21-16-10-7-11-17(13-16)30(26,27)24(2)3/h4-11,13-14H,12H2,1-3H3,(H,21,25). The van der Waals surface area contributed by atoms with E-state index in [1.165, 1.54) is 26.2 Å². The molecule has 1 N–H and O–H groups in total. The summed E-state index contributed by atoms with van der Waals surface area (Å²) in [6, 6.07) is 15.9. The maximum Gasteiger partial charge on any atom is 0.277 e. The van der Waals surface area contributed by atoms with Gasteiger partial charge in [0.15, 0.2) is 0 Å². The number of rotatable bonds is 8. The zero-order valence-electron chi connectivity index (χ0n) is 16.8. The number of hydrogen-bond acceptors (Lipinski definition) is 7. The highest BCUT2D eigenvalue weighted by Crippen LogP contribution is 2.24. The third-order valence-electron chi connectivity index (χ3n) is 4.17. The highest BCUT2D eigenvalue weighted by molar-refractivity contribution is 8.00. The monoisotopic (exact) mass is 446 g/mol. The van der Waals surface area contributed by atoms with E-state index < -0.39 is 15.3 Å². The van der Waals surface area contributed by atoms with Crippen molar-refractivity contribution in [3.63, 3.8) is 0 Å². The lowest BCUT2D eigenvalue weighted by Gasteiger charge is -2.14. The van der Waals surface area contributed by atoms with E-state index in [2.05, 4.69) is 15.5 Å². The molecule has 0 radical (unpaired) electrons. The summed E-state index contributed by atoms with van der Waals surface area (Å²) in [6.07, 6.45) is 0.516. The average molecular weight is 447 g/mol. The van der Waals surface area contributed by atoms with Gasteiger partial charge in [-0.1, -0.05) is 48.2 Å². The Morgan fingerprint density at radius 3 is 2.57 bits per heavy atom. The topological polar surface area (TPSA) is 105 Å². The van der Waals surface area contributed by atoms with Gasteiger partial charge in [-0.05, 0) is 30.7 Å². The lowest BCUT2D eigenvalue weighted by molar-refractivity contribution is -0.115. The average Bonchev–Trinajstić information content (AvgIpc) is 3.15. The van der Waals surface area contributed by atoms with Crippen LogP contribution in [0.3, 0.4) is 0 Å². The maximum atomic E-state index is 12.5. The van der Waals surface area contributed by atoms with E-state index in [0.29, 0.717) is 23.2 Å². The number of amides is 1. The molecule has 0 saturated carbocycles. The highest BCUT2D eigenvalue weighted by atomic mass is 32.2. The number of thioether (sulfide) groups is 1. The van der Waals surface area contributed by atoms with Gasteiger partial charge in [0.2, 0.25) is 21.8 Å². The van der Waals surface area contributed by atoms with Crippen molar-refractivity contribution in [2.75, 3.05) is 19.4 Å². The lowest BCUT2D eigenvalue weighted by Crippen LogP contribution is -2.24. The fraction of sp³-hybridized carbons (Fsp3) is 0.250. The van der Waals surface area contributed by atoms with Crippen LogP contribution in [0.4, 0.5) is 5.69 Å². The Labute approximate surface area is 179 Å². The number of anilines is 1. The summed E-state index contributed by atoms with van der Waals surface area (Å²) in [5.74, 6) is 0.167. The first kappa shape index (κ1) is 22.0. The summed E-state index contributed by atoms with van der Waals surface area (Å²) in [5, 5.41) is 10.5. The minimum absolute atomic E-state index is 0.105. The molecule has 1 atom stereocenters. The second-order valence-electron chi connectivity index (χ2n) is 6.69. The quantitative estimate of drug-likeness (QED) is 0.530. The van der Waals surface area contributed by atoms with Crippen LogP contribution in [-0.4, -0.2) is 48.2 Å².